The van der Waals surface area contributed by atoms with Crippen molar-refractivity contribution in [2.75, 3.05) is 13.2 Å². The van der Waals surface area contributed by atoms with Crippen molar-refractivity contribution in [1.82, 2.24) is 0 Å². The lowest BCUT2D eigenvalue weighted by atomic mass is 9.94. The first-order chi connectivity index (χ1) is 27.1. The van der Waals surface area contributed by atoms with Crippen LogP contribution < -0.4 is 0 Å². The standard InChI is InChI=1S/C22H25F3O4S.C22H25F3O2S/c1-5-18(21(26)29-6-2)16-9-12-19(20(13-16)30(27,28)14(3)4)15-7-10-17(11-8-15)22(23,24)25;1-5-18(21(26)27-6-2)16-9-12-19(20(13-16)28-14(3)4)15-7-10-17(11-8-15)22(23,24)25/h7-14,18H,5-6H2,1-4H3;7-14,18H,5-6H2,1-4H3. The quantitative estimate of drug-likeness (QED) is 0.0709. The van der Waals surface area contributed by atoms with Crippen molar-refractivity contribution >= 4 is 33.5 Å². The highest BCUT2D eigenvalue weighted by atomic mass is 32.2. The molecule has 58 heavy (non-hydrogen) atoms. The Morgan fingerprint density at radius 3 is 1.36 bits per heavy atom. The molecule has 0 heterocycles. The fourth-order valence-electron chi connectivity index (χ4n) is 6.07. The summed E-state index contributed by atoms with van der Waals surface area (Å²) in [5.41, 5.74) is 2.08. The van der Waals surface area contributed by atoms with E-state index in [1.807, 2.05) is 25.1 Å². The minimum atomic E-state index is -4.48. The molecule has 0 aliphatic heterocycles. The molecule has 0 saturated heterocycles. The molecule has 4 rings (SSSR count). The summed E-state index contributed by atoms with van der Waals surface area (Å²) in [5, 5.41) is -0.463. The Bertz CT molecular complexity index is 2090. The SMILES string of the molecule is CCOC(=O)C(CC)c1ccc(-c2ccc(C(F)(F)F)cc2)c(S(=O)(=O)C(C)C)c1.CCOC(=O)C(CC)c1ccc(-c2ccc(C(F)(F)F)cc2)c(SC(C)C)c1. The first kappa shape index (κ1) is 48.1. The van der Waals surface area contributed by atoms with Crippen LogP contribution in [0.4, 0.5) is 26.3 Å². The maximum absolute atomic E-state index is 13.0. The van der Waals surface area contributed by atoms with Crippen LogP contribution in [0.2, 0.25) is 0 Å². The Kier molecular flexibility index (Phi) is 17.1. The molecule has 0 radical (unpaired) electrons. The van der Waals surface area contributed by atoms with Crippen LogP contribution in [-0.4, -0.2) is 44.1 Å². The van der Waals surface area contributed by atoms with E-state index in [1.165, 1.54) is 50.2 Å². The molecule has 14 heteroatoms. The van der Waals surface area contributed by atoms with Gasteiger partial charge in [0, 0.05) is 15.7 Å². The molecule has 2 atom stereocenters. The van der Waals surface area contributed by atoms with Crippen LogP contribution in [0.15, 0.2) is 94.7 Å². The van der Waals surface area contributed by atoms with Gasteiger partial charge in [-0.05, 0) is 105 Å². The van der Waals surface area contributed by atoms with E-state index in [0.717, 1.165) is 40.3 Å². The Morgan fingerprint density at radius 1 is 0.603 bits per heavy atom. The van der Waals surface area contributed by atoms with Gasteiger partial charge in [-0.3, -0.25) is 9.59 Å². The van der Waals surface area contributed by atoms with Crippen molar-refractivity contribution in [2.24, 2.45) is 0 Å². The predicted molar refractivity (Wildman–Crippen MR) is 216 cm³/mol. The number of hydrogen-bond acceptors (Lipinski definition) is 7. The summed E-state index contributed by atoms with van der Waals surface area (Å²) in [7, 11) is -3.77. The van der Waals surface area contributed by atoms with Crippen molar-refractivity contribution in [3.8, 4) is 22.3 Å². The van der Waals surface area contributed by atoms with E-state index in [4.69, 9.17) is 9.47 Å². The molecule has 4 aromatic rings. The fourth-order valence-corrected chi connectivity index (χ4v) is 8.39. The van der Waals surface area contributed by atoms with E-state index in [1.54, 1.807) is 38.6 Å². The predicted octanol–water partition coefficient (Wildman–Crippen LogP) is 12.5. The van der Waals surface area contributed by atoms with Crippen LogP contribution in [0, 0.1) is 0 Å². The fraction of sp³-hybridized carbons (Fsp3) is 0.409. The summed E-state index contributed by atoms with van der Waals surface area (Å²) in [5.74, 6) is -1.69. The van der Waals surface area contributed by atoms with Crippen LogP contribution in [0.25, 0.3) is 22.3 Å². The molecule has 2 unspecified atom stereocenters. The largest absolute Gasteiger partial charge is 0.466 e. The molecule has 0 saturated carbocycles. The first-order valence-corrected chi connectivity index (χ1v) is 21.4. The van der Waals surface area contributed by atoms with Gasteiger partial charge in [-0.1, -0.05) is 76.2 Å². The number of ether oxygens (including phenoxy) is 2. The number of thioether (sulfide) groups is 1. The lowest BCUT2D eigenvalue weighted by molar-refractivity contribution is -0.146. The second kappa shape index (κ2) is 20.6. The van der Waals surface area contributed by atoms with Crippen molar-refractivity contribution in [2.45, 2.75) is 113 Å². The highest BCUT2D eigenvalue weighted by Crippen LogP contribution is 2.39. The molecule has 0 aliphatic rings. The third-order valence-corrected chi connectivity index (χ3v) is 12.4. The minimum absolute atomic E-state index is 0.0162. The molecule has 316 valence electrons. The number of esters is 2. The molecular formula is C44H50F6O6S2. The summed E-state index contributed by atoms with van der Waals surface area (Å²) in [4.78, 5) is 25.5. The summed E-state index contributed by atoms with van der Waals surface area (Å²) >= 11 is 1.62. The second-order valence-corrected chi connectivity index (χ2v) is 17.9. The van der Waals surface area contributed by atoms with Crippen LogP contribution in [-0.2, 0) is 41.3 Å². The zero-order chi connectivity index (χ0) is 43.6. The molecule has 6 nitrogen and oxygen atoms in total. The van der Waals surface area contributed by atoms with Gasteiger partial charge >= 0.3 is 24.3 Å². The summed E-state index contributed by atoms with van der Waals surface area (Å²) in [6.07, 6.45) is -7.81. The number of hydrogen-bond donors (Lipinski definition) is 0. The van der Waals surface area contributed by atoms with Gasteiger partial charge in [-0.25, -0.2) is 8.42 Å². The van der Waals surface area contributed by atoms with Gasteiger partial charge in [0.2, 0.25) is 0 Å². The highest BCUT2D eigenvalue weighted by molar-refractivity contribution is 8.00. The Balaban J connectivity index is 0.000000311. The second-order valence-electron chi connectivity index (χ2n) is 13.8. The van der Waals surface area contributed by atoms with Gasteiger partial charge in [0.05, 0.1) is 46.3 Å². The van der Waals surface area contributed by atoms with Crippen LogP contribution in [0.1, 0.15) is 102 Å². The van der Waals surface area contributed by atoms with Gasteiger partial charge in [0.25, 0.3) is 0 Å². The van der Waals surface area contributed by atoms with Crippen LogP contribution >= 0.6 is 11.8 Å². The minimum Gasteiger partial charge on any atom is -0.466 e. The maximum atomic E-state index is 13.0. The van der Waals surface area contributed by atoms with E-state index in [9.17, 15) is 44.3 Å². The Hall–Kier alpha value is -4.30. The molecule has 0 aliphatic carbocycles. The Labute approximate surface area is 341 Å². The molecule has 0 spiro atoms. The van der Waals surface area contributed by atoms with Crippen LogP contribution in [0.5, 0.6) is 0 Å². The molecule has 0 fully saturated rings. The molecule has 4 aromatic carbocycles. The third kappa shape index (κ3) is 12.4. The lowest BCUT2D eigenvalue weighted by Gasteiger charge is -2.19. The van der Waals surface area contributed by atoms with E-state index in [2.05, 4.69) is 13.8 Å². The van der Waals surface area contributed by atoms with Gasteiger partial charge < -0.3 is 9.47 Å². The number of carbonyl (C=O) groups is 2. The lowest BCUT2D eigenvalue weighted by Crippen LogP contribution is -2.18. The topological polar surface area (TPSA) is 86.7 Å². The zero-order valence-electron chi connectivity index (χ0n) is 33.8. The monoisotopic (exact) mass is 852 g/mol. The van der Waals surface area contributed by atoms with E-state index in [0.29, 0.717) is 41.7 Å². The van der Waals surface area contributed by atoms with Crippen molar-refractivity contribution in [1.29, 1.82) is 0 Å². The van der Waals surface area contributed by atoms with Crippen LogP contribution in [0.3, 0.4) is 0 Å². The third-order valence-electron chi connectivity index (χ3n) is 9.11. The molecule has 0 N–H and O–H groups in total. The Morgan fingerprint density at radius 2 is 1.00 bits per heavy atom. The van der Waals surface area contributed by atoms with E-state index in [-0.39, 0.29) is 28.6 Å². The normalized spacial score (nSPS) is 13.1. The molecular weight excluding hydrogens is 803 g/mol. The smallest absolute Gasteiger partial charge is 0.416 e. The average Bonchev–Trinajstić information content (AvgIpc) is 3.15. The number of rotatable bonds is 14. The molecule has 0 aromatic heterocycles. The van der Waals surface area contributed by atoms with Crippen molar-refractivity contribution in [3.63, 3.8) is 0 Å². The zero-order valence-corrected chi connectivity index (χ0v) is 35.4. The summed E-state index contributed by atoms with van der Waals surface area (Å²) in [6, 6.07) is 19.8. The van der Waals surface area contributed by atoms with E-state index < -0.39 is 50.5 Å². The molecule has 0 amide bonds. The van der Waals surface area contributed by atoms with Crippen molar-refractivity contribution < 1.29 is 53.8 Å². The first-order valence-electron chi connectivity index (χ1n) is 19.0. The maximum Gasteiger partial charge on any atom is 0.416 e. The highest BCUT2D eigenvalue weighted by Gasteiger charge is 2.32. The van der Waals surface area contributed by atoms with Gasteiger partial charge in [0.15, 0.2) is 9.84 Å². The molecule has 0 bridgehead atoms. The average molecular weight is 853 g/mol. The number of benzene rings is 4. The summed E-state index contributed by atoms with van der Waals surface area (Å²) < 4.78 is 113. The number of alkyl halides is 6. The van der Waals surface area contributed by atoms with Gasteiger partial charge in [0.1, 0.15) is 0 Å². The van der Waals surface area contributed by atoms with Crippen molar-refractivity contribution in [3.05, 3.63) is 107 Å². The number of halogens is 6. The van der Waals surface area contributed by atoms with Gasteiger partial charge in [-0.2, -0.15) is 26.3 Å². The number of sulfone groups is 1. The van der Waals surface area contributed by atoms with E-state index >= 15 is 0 Å². The van der Waals surface area contributed by atoms with Gasteiger partial charge in [-0.15, -0.1) is 11.8 Å². The summed E-state index contributed by atoms with van der Waals surface area (Å²) in [6.45, 7) is 14.9. The number of carbonyl (C=O) groups excluding carboxylic acids is 2.